The number of aromatic nitrogens is 4. The van der Waals surface area contributed by atoms with Gasteiger partial charge in [0.05, 0.1) is 0 Å². The van der Waals surface area contributed by atoms with E-state index in [1.807, 2.05) is 9.42 Å². The van der Waals surface area contributed by atoms with Gasteiger partial charge in [-0.15, -0.1) is 10.2 Å². The van der Waals surface area contributed by atoms with Gasteiger partial charge >= 0.3 is 0 Å². The zero-order chi connectivity index (χ0) is 14.2. The van der Waals surface area contributed by atoms with Gasteiger partial charge in [-0.1, -0.05) is 11.3 Å². The number of likely N-dealkylation sites (tertiary alicyclic amines) is 1. The van der Waals surface area contributed by atoms with E-state index < -0.39 is 0 Å². The van der Waals surface area contributed by atoms with Gasteiger partial charge in [-0.2, -0.15) is 9.61 Å². The van der Waals surface area contributed by atoms with Gasteiger partial charge < -0.3 is 4.90 Å². The number of hydrogen-bond acceptors (Lipinski definition) is 5. The minimum Gasteiger partial charge on any atom is -0.343 e. The molecule has 112 valence electrons. The smallest absolute Gasteiger partial charge is 0.234 e. The lowest BCUT2D eigenvalue weighted by atomic mass is 10.1. The Morgan fingerprint density at radius 1 is 1.19 bits per heavy atom. The molecular formula is C14H19N5OS. The summed E-state index contributed by atoms with van der Waals surface area (Å²) >= 11 is 1.56. The van der Waals surface area contributed by atoms with E-state index >= 15 is 0 Å². The summed E-state index contributed by atoms with van der Waals surface area (Å²) in [6, 6.07) is 0. The minimum absolute atomic E-state index is 0.267. The van der Waals surface area contributed by atoms with Gasteiger partial charge in [0.25, 0.3) is 0 Å². The summed E-state index contributed by atoms with van der Waals surface area (Å²) in [4.78, 5) is 15.0. The minimum atomic E-state index is 0.267. The molecule has 2 aliphatic rings. The molecule has 0 atom stereocenters. The average Bonchev–Trinajstić information content (AvgIpc) is 3.16. The summed E-state index contributed by atoms with van der Waals surface area (Å²) in [6.45, 7) is 1.85. The molecule has 21 heavy (non-hydrogen) atoms. The molecule has 0 spiro atoms. The molecule has 4 rings (SSSR count). The van der Waals surface area contributed by atoms with Crippen molar-refractivity contribution in [2.75, 3.05) is 13.1 Å². The second kappa shape index (κ2) is 5.36. The fraction of sp³-hybridized carbons (Fsp3) is 0.714. The lowest BCUT2D eigenvalue weighted by Gasteiger charge is -2.26. The normalized spacial score (nSPS) is 19.3. The fourth-order valence-corrected chi connectivity index (χ4v) is 3.72. The van der Waals surface area contributed by atoms with Crippen LogP contribution in [-0.2, 0) is 11.2 Å². The van der Waals surface area contributed by atoms with Crippen LogP contribution in [0, 0.1) is 0 Å². The number of piperidine rings is 1. The van der Waals surface area contributed by atoms with Crippen molar-refractivity contribution in [3.05, 3.63) is 10.8 Å². The largest absolute Gasteiger partial charge is 0.343 e. The van der Waals surface area contributed by atoms with Gasteiger partial charge in [0, 0.05) is 31.8 Å². The second-order valence-corrected chi connectivity index (χ2v) is 7.00. The number of nitrogens with zero attached hydrogens (tertiary/aromatic N) is 5. The van der Waals surface area contributed by atoms with E-state index in [0.717, 1.165) is 41.7 Å². The molecule has 0 radical (unpaired) electrons. The highest BCUT2D eigenvalue weighted by atomic mass is 32.1. The Hall–Kier alpha value is -1.50. The highest BCUT2D eigenvalue weighted by Gasteiger charge is 2.30. The van der Waals surface area contributed by atoms with Gasteiger partial charge in [-0.3, -0.25) is 4.79 Å². The topological polar surface area (TPSA) is 63.4 Å². The number of carbonyl (C=O) groups is 1. The van der Waals surface area contributed by atoms with Crippen molar-refractivity contribution >= 4 is 22.2 Å². The maximum Gasteiger partial charge on any atom is 0.234 e. The van der Waals surface area contributed by atoms with E-state index in [1.165, 1.54) is 19.3 Å². The van der Waals surface area contributed by atoms with E-state index in [4.69, 9.17) is 0 Å². The van der Waals surface area contributed by atoms with Crippen LogP contribution in [0.15, 0.2) is 0 Å². The first-order valence-corrected chi connectivity index (χ1v) is 8.62. The van der Waals surface area contributed by atoms with E-state index in [9.17, 15) is 4.79 Å². The first-order valence-electron chi connectivity index (χ1n) is 7.80. The summed E-state index contributed by atoms with van der Waals surface area (Å²) in [6.07, 6.45) is 7.21. The molecule has 2 aromatic heterocycles. The van der Waals surface area contributed by atoms with Crippen molar-refractivity contribution in [1.29, 1.82) is 0 Å². The average molecular weight is 305 g/mol. The molecule has 2 fully saturated rings. The molecule has 7 heteroatoms. The fourth-order valence-electron chi connectivity index (χ4n) is 2.88. The Morgan fingerprint density at radius 3 is 2.76 bits per heavy atom. The van der Waals surface area contributed by atoms with E-state index in [-0.39, 0.29) is 5.91 Å². The summed E-state index contributed by atoms with van der Waals surface area (Å²) in [5.41, 5.74) is 0. The second-order valence-electron chi connectivity index (χ2n) is 5.96. The maximum absolute atomic E-state index is 12.2. The number of aryl methyl sites for hydroxylation is 1. The summed E-state index contributed by atoms with van der Waals surface area (Å²) in [5.74, 6) is 1.81. The third-order valence-corrected chi connectivity index (χ3v) is 5.22. The monoisotopic (exact) mass is 305 g/mol. The van der Waals surface area contributed by atoms with Crippen molar-refractivity contribution in [1.82, 2.24) is 24.7 Å². The Labute approximate surface area is 127 Å². The van der Waals surface area contributed by atoms with E-state index in [0.29, 0.717) is 18.8 Å². The van der Waals surface area contributed by atoms with Crippen LogP contribution in [0.5, 0.6) is 0 Å². The van der Waals surface area contributed by atoms with E-state index in [2.05, 4.69) is 15.3 Å². The molecule has 1 aliphatic heterocycles. The van der Waals surface area contributed by atoms with Gasteiger partial charge in [-0.05, 0) is 32.1 Å². The number of fused-ring (bicyclic) bond motifs is 1. The zero-order valence-corrected chi connectivity index (χ0v) is 12.8. The predicted molar refractivity (Wildman–Crippen MR) is 79.4 cm³/mol. The molecule has 0 N–H and O–H groups in total. The Morgan fingerprint density at radius 2 is 2.00 bits per heavy atom. The SMILES string of the molecule is O=C(CCc1nn2c(C3CC3)nnc2s1)N1CCCCC1. The first-order chi connectivity index (χ1) is 10.3. The third-order valence-electron chi connectivity index (χ3n) is 4.26. The third kappa shape index (κ3) is 2.66. The Kier molecular flexibility index (Phi) is 3.37. The number of hydrogen-bond donors (Lipinski definition) is 0. The van der Waals surface area contributed by atoms with Crippen molar-refractivity contribution in [2.24, 2.45) is 0 Å². The van der Waals surface area contributed by atoms with Crippen molar-refractivity contribution in [3.8, 4) is 0 Å². The quantitative estimate of drug-likeness (QED) is 0.867. The maximum atomic E-state index is 12.2. The molecule has 0 bridgehead atoms. The van der Waals surface area contributed by atoms with Crippen LogP contribution >= 0.6 is 11.3 Å². The molecule has 1 amide bonds. The number of carbonyl (C=O) groups excluding carboxylic acids is 1. The van der Waals surface area contributed by atoms with Crippen LogP contribution in [0.4, 0.5) is 0 Å². The Balaban J connectivity index is 1.41. The first kappa shape index (κ1) is 13.2. The van der Waals surface area contributed by atoms with Crippen LogP contribution in [0.2, 0.25) is 0 Å². The van der Waals surface area contributed by atoms with Crippen LogP contribution in [0.3, 0.4) is 0 Å². The number of amides is 1. The van der Waals surface area contributed by atoms with Crippen LogP contribution in [0.1, 0.15) is 55.3 Å². The van der Waals surface area contributed by atoms with Crippen molar-refractivity contribution < 1.29 is 4.79 Å². The number of rotatable bonds is 4. The van der Waals surface area contributed by atoms with Crippen LogP contribution in [-0.4, -0.2) is 43.7 Å². The summed E-state index contributed by atoms with van der Waals surface area (Å²) in [5, 5.41) is 14.0. The predicted octanol–water partition coefficient (Wildman–Crippen LogP) is 2.01. The lowest BCUT2D eigenvalue weighted by molar-refractivity contribution is -0.132. The highest BCUT2D eigenvalue weighted by Crippen LogP contribution is 2.39. The molecular weight excluding hydrogens is 286 g/mol. The van der Waals surface area contributed by atoms with Gasteiger partial charge in [0.1, 0.15) is 5.01 Å². The van der Waals surface area contributed by atoms with Crippen molar-refractivity contribution in [3.63, 3.8) is 0 Å². The highest BCUT2D eigenvalue weighted by molar-refractivity contribution is 7.16. The van der Waals surface area contributed by atoms with Gasteiger partial charge in [0.2, 0.25) is 10.9 Å². The molecule has 3 heterocycles. The standard InChI is InChI=1S/C14H19N5OS/c20-12(18-8-2-1-3-9-18)7-6-11-17-19-13(10-4-5-10)15-16-14(19)21-11/h10H,1-9H2. The van der Waals surface area contributed by atoms with Crippen molar-refractivity contribution in [2.45, 2.75) is 50.9 Å². The molecule has 1 saturated heterocycles. The molecule has 0 aromatic carbocycles. The molecule has 0 unspecified atom stereocenters. The zero-order valence-electron chi connectivity index (χ0n) is 12.0. The molecule has 1 saturated carbocycles. The van der Waals surface area contributed by atoms with Gasteiger partial charge in [-0.25, -0.2) is 0 Å². The molecule has 2 aromatic rings. The lowest BCUT2D eigenvalue weighted by Crippen LogP contribution is -2.35. The van der Waals surface area contributed by atoms with Crippen LogP contribution < -0.4 is 0 Å². The Bertz CT molecular complexity index is 653. The van der Waals surface area contributed by atoms with Crippen LogP contribution in [0.25, 0.3) is 4.96 Å². The molecule has 1 aliphatic carbocycles. The van der Waals surface area contributed by atoms with Gasteiger partial charge in [0.15, 0.2) is 5.82 Å². The van der Waals surface area contributed by atoms with E-state index in [1.54, 1.807) is 11.3 Å². The summed E-state index contributed by atoms with van der Waals surface area (Å²) in [7, 11) is 0. The molecule has 6 nitrogen and oxygen atoms in total. The summed E-state index contributed by atoms with van der Waals surface area (Å²) < 4.78 is 1.88.